The van der Waals surface area contributed by atoms with Crippen LogP contribution in [0.1, 0.15) is 24.4 Å². The number of nitrogens with one attached hydrogen (secondary N) is 1. The molecule has 0 amide bonds. The molecule has 1 rings (SSSR count). The minimum Gasteiger partial charge on any atom is -0.313 e. The fraction of sp³-hybridized carbons (Fsp3) is 0.500. The van der Waals surface area contributed by atoms with Crippen molar-refractivity contribution in [2.45, 2.75) is 18.9 Å². The van der Waals surface area contributed by atoms with Crippen LogP contribution < -0.4 is 5.32 Å². The number of benzene rings is 1. The zero-order chi connectivity index (χ0) is 13.8. The first-order valence-corrected chi connectivity index (χ1v) is 8.87. The summed E-state index contributed by atoms with van der Waals surface area (Å²) in [7, 11) is -1.05. The third kappa shape index (κ3) is 4.88. The van der Waals surface area contributed by atoms with Crippen molar-refractivity contribution in [1.82, 2.24) is 5.32 Å². The van der Waals surface area contributed by atoms with Gasteiger partial charge < -0.3 is 5.32 Å². The molecule has 0 aliphatic heterocycles. The number of sulfone groups is 1. The Morgan fingerprint density at radius 2 is 2.11 bits per heavy atom. The van der Waals surface area contributed by atoms with Crippen LogP contribution in [-0.4, -0.2) is 27.5 Å². The molecule has 0 saturated carbocycles. The minimum absolute atomic E-state index is 0.0664. The molecule has 3 nitrogen and oxygen atoms in total. The Morgan fingerprint density at radius 3 is 2.67 bits per heavy atom. The molecule has 1 N–H and O–H groups in total. The summed E-state index contributed by atoms with van der Waals surface area (Å²) >= 11 is 9.62. The van der Waals surface area contributed by atoms with Crippen LogP contribution in [0.15, 0.2) is 22.7 Å². The van der Waals surface area contributed by atoms with Gasteiger partial charge in [-0.1, -0.05) is 23.7 Å². The standard InChI is InChI=1S/C12H17BrClNO2S/c1-15-11(7-4-8-18(2,16)17)9-5-3-6-10(13)12(9)14/h3,5-6,11,15H,4,7-8H2,1-2H3. The van der Waals surface area contributed by atoms with Gasteiger partial charge in [0.15, 0.2) is 0 Å². The first kappa shape index (κ1) is 16.0. The van der Waals surface area contributed by atoms with Crippen LogP contribution in [0.3, 0.4) is 0 Å². The molecule has 102 valence electrons. The van der Waals surface area contributed by atoms with Gasteiger partial charge in [-0.25, -0.2) is 8.42 Å². The SMILES string of the molecule is CNC(CCCS(C)(=O)=O)c1cccc(Br)c1Cl. The second-order valence-electron chi connectivity index (χ2n) is 4.26. The largest absolute Gasteiger partial charge is 0.313 e. The van der Waals surface area contributed by atoms with Gasteiger partial charge in [0.05, 0.1) is 5.02 Å². The Kier molecular flexibility index (Phi) is 6.11. The van der Waals surface area contributed by atoms with Gasteiger partial charge in [-0.15, -0.1) is 0 Å². The third-order valence-corrected chi connectivity index (χ3v) is 5.05. The molecule has 1 atom stereocenters. The van der Waals surface area contributed by atoms with Crippen molar-refractivity contribution in [1.29, 1.82) is 0 Å². The zero-order valence-electron chi connectivity index (χ0n) is 10.4. The molecule has 6 heteroatoms. The summed E-state index contributed by atoms with van der Waals surface area (Å²) in [5, 5.41) is 3.85. The van der Waals surface area contributed by atoms with Gasteiger partial charge in [0.25, 0.3) is 0 Å². The second kappa shape index (κ2) is 6.89. The van der Waals surface area contributed by atoms with Crippen LogP contribution in [0.25, 0.3) is 0 Å². The van der Waals surface area contributed by atoms with E-state index in [1.165, 1.54) is 6.26 Å². The summed E-state index contributed by atoms with van der Waals surface area (Å²) in [4.78, 5) is 0. The lowest BCUT2D eigenvalue weighted by Crippen LogP contribution is -2.18. The van der Waals surface area contributed by atoms with E-state index in [9.17, 15) is 8.42 Å². The Hall–Kier alpha value is -0.100. The maximum absolute atomic E-state index is 11.1. The minimum atomic E-state index is -2.90. The van der Waals surface area contributed by atoms with Crippen LogP contribution in [-0.2, 0) is 9.84 Å². The van der Waals surface area contributed by atoms with E-state index in [0.717, 1.165) is 16.5 Å². The lowest BCUT2D eigenvalue weighted by Gasteiger charge is -2.18. The maximum atomic E-state index is 11.1. The van der Waals surface area contributed by atoms with E-state index in [-0.39, 0.29) is 11.8 Å². The molecule has 0 aliphatic rings. The molecule has 1 unspecified atom stereocenters. The highest BCUT2D eigenvalue weighted by Gasteiger charge is 2.15. The highest BCUT2D eigenvalue weighted by Crippen LogP contribution is 2.31. The molecule has 1 aromatic rings. The Balaban J connectivity index is 2.75. The highest BCUT2D eigenvalue weighted by atomic mass is 79.9. The Bertz CT molecular complexity index is 505. The van der Waals surface area contributed by atoms with Gasteiger partial charge in [0, 0.05) is 22.5 Å². The Labute approximate surface area is 122 Å². The molecule has 0 aromatic heterocycles. The molecule has 0 saturated heterocycles. The number of rotatable bonds is 6. The molecule has 0 radical (unpaired) electrons. The average molecular weight is 355 g/mol. The smallest absolute Gasteiger partial charge is 0.147 e. The fourth-order valence-electron chi connectivity index (χ4n) is 1.79. The summed E-state index contributed by atoms with van der Waals surface area (Å²) in [5.41, 5.74) is 0.988. The quantitative estimate of drug-likeness (QED) is 0.853. The van der Waals surface area contributed by atoms with Crippen molar-refractivity contribution in [2.75, 3.05) is 19.1 Å². The molecule has 0 fully saturated rings. The predicted octanol–water partition coefficient (Wildman–Crippen LogP) is 3.19. The molecule has 0 bridgehead atoms. The molecular formula is C12H17BrClNO2S. The monoisotopic (exact) mass is 353 g/mol. The first-order chi connectivity index (χ1) is 8.35. The van der Waals surface area contributed by atoms with Crippen molar-refractivity contribution in [2.24, 2.45) is 0 Å². The Morgan fingerprint density at radius 1 is 1.44 bits per heavy atom. The van der Waals surface area contributed by atoms with E-state index < -0.39 is 9.84 Å². The van der Waals surface area contributed by atoms with Gasteiger partial charge in [0.2, 0.25) is 0 Å². The highest BCUT2D eigenvalue weighted by molar-refractivity contribution is 9.10. The lowest BCUT2D eigenvalue weighted by atomic mass is 10.0. The van der Waals surface area contributed by atoms with E-state index >= 15 is 0 Å². The molecule has 0 heterocycles. The zero-order valence-corrected chi connectivity index (χ0v) is 13.6. The van der Waals surface area contributed by atoms with E-state index in [4.69, 9.17) is 11.6 Å². The average Bonchev–Trinajstić information content (AvgIpc) is 2.27. The number of halogens is 2. The van der Waals surface area contributed by atoms with Crippen molar-refractivity contribution in [3.05, 3.63) is 33.3 Å². The van der Waals surface area contributed by atoms with Crippen molar-refractivity contribution in [3.63, 3.8) is 0 Å². The molecule has 0 spiro atoms. The van der Waals surface area contributed by atoms with Crippen LogP contribution >= 0.6 is 27.5 Å². The van der Waals surface area contributed by atoms with E-state index in [0.29, 0.717) is 11.4 Å². The third-order valence-electron chi connectivity index (χ3n) is 2.71. The van der Waals surface area contributed by atoms with Gasteiger partial charge in [-0.3, -0.25) is 0 Å². The van der Waals surface area contributed by atoms with E-state index in [2.05, 4.69) is 21.2 Å². The van der Waals surface area contributed by atoms with Gasteiger partial charge in [-0.2, -0.15) is 0 Å². The van der Waals surface area contributed by atoms with Gasteiger partial charge in [0.1, 0.15) is 9.84 Å². The van der Waals surface area contributed by atoms with E-state index in [1.807, 2.05) is 25.2 Å². The van der Waals surface area contributed by atoms with Crippen LogP contribution in [0, 0.1) is 0 Å². The fourth-order valence-corrected chi connectivity index (χ4v) is 3.12. The van der Waals surface area contributed by atoms with Gasteiger partial charge in [-0.05, 0) is 47.4 Å². The number of hydrogen-bond acceptors (Lipinski definition) is 3. The van der Waals surface area contributed by atoms with E-state index in [1.54, 1.807) is 0 Å². The van der Waals surface area contributed by atoms with Crippen molar-refractivity contribution < 1.29 is 8.42 Å². The van der Waals surface area contributed by atoms with Crippen molar-refractivity contribution in [3.8, 4) is 0 Å². The summed E-state index contributed by atoms with van der Waals surface area (Å²) in [6.07, 6.45) is 2.61. The summed E-state index contributed by atoms with van der Waals surface area (Å²) < 4.78 is 23.1. The maximum Gasteiger partial charge on any atom is 0.147 e. The van der Waals surface area contributed by atoms with Crippen molar-refractivity contribution >= 4 is 37.4 Å². The molecular weight excluding hydrogens is 338 g/mol. The topological polar surface area (TPSA) is 46.2 Å². The summed E-state index contributed by atoms with van der Waals surface area (Å²) in [5.74, 6) is 0.205. The van der Waals surface area contributed by atoms with Crippen LogP contribution in [0.5, 0.6) is 0 Å². The predicted molar refractivity (Wildman–Crippen MR) is 79.9 cm³/mol. The van der Waals surface area contributed by atoms with Crippen LogP contribution in [0.2, 0.25) is 5.02 Å². The number of hydrogen-bond donors (Lipinski definition) is 1. The summed E-state index contributed by atoms with van der Waals surface area (Å²) in [6.45, 7) is 0. The molecule has 18 heavy (non-hydrogen) atoms. The summed E-state index contributed by atoms with van der Waals surface area (Å²) in [6, 6.07) is 5.83. The second-order valence-corrected chi connectivity index (χ2v) is 7.75. The first-order valence-electron chi connectivity index (χ1n) is 5.64. The molecule has 1 aromatic carbocycles. The lowest BCUT2D eigenvalue weighted by molar-refractivity contribution is 0.536. The van der Waals surface area contributed by atoms with Gasteiger partial charge >= 0.3 is 0 Å². The normalized spacial score (nSPS) is 13.6. The van der Waals surface area contributed by atoms with Crippen LogP contribution in [0.4, 0.5) is 0 Å². The molecule has 0 aliphatic carbocycles.